The van der Waals surface area contributed by atoms with Crippen molar-refractivity contribution in [2.45, 2.75) is 19.8 Å². The third-order valence-corrected chi connectivity index (χ3v) is 3.28. The van der Waals surface area contributed by atoms with Gasteiger partial charge in [-0.15, -0.1) is 0 Å². The first kappa shape index (κ1) is 13.2. The van der Waals surface area contributed by atoms with Crippen LogP contribution in [0, 0.1) is 0 Å². The lowest BCUT2D eigenvalue weighted by Gasteiger charge is -2.26. The summed E-state index contributed by atoms with van der Waals surface area (Å²) in [5, 5.41) is 3.29. The Bertz CT molecular complexity index is 383. The van der Waals surface area contributed by atoms with Gasteiger partial charge < -0.3 is 5.32 Å². The summed E-state index contributed by atoms with van der Waals surface area (Å²) in [4.78, 5) is 18.5. The minimum absolute atomic E-state index is 0.258. The summed E-state index contributed by atoms with van der Waals surface area (Å²) in [6, 6.07) is 4.02. The standard InChI is InChI=1S/C14H21N3O/c1-2-12-3-4-13(16-10-12)9-14(18)11-17-7-5-15-6-8-17/h3-4,10,15H,2,5-9,11H2,1H3. The maximum absolute atomic E-state index is 11.9. The molecule has 1 aromatic heterocycles. The normalized spacial score (nSPS) is 16.7. The van der Waals surface area contributed by atoms with Crippen molar-refractivity contribution in [1.82, 2.24) is 15.2 Å². The molecule has 1 fully saturated rings. The lowest BCUT2D eigenvalue weighted by Crippen LogP contribution is -2.45. The Labute approximate surface area is 108 Å². The summed E-state index contributed by atoms with van der Waals surface area (Å²) in [5.41, 5.74) is 2.10. The van der Waals surface area contributed by atoms with Crippen molar-refractivity contribution in [3.8, 4) is 0 Å². The summed E-state index contributed by atoms with van der Waals surface area (Å²) in [6.45, 7) is 6.56. The van der Waals surface area contributed by atoms with E-state index in [-0.39, 0.29) is 5.78 Å². The van der Waals surface area contributed by atoms with Gasteiger partial charge in [-0.1, -0.05) is 13.0 Å². The topological polar surface area (TPSA) is 45.2 Å². The molecule has 1 aliphatic heterocycles. The Morgan fingerprint density at radius 2 is 2.17 bits per heavy atom. The molecule has 0 unspecified atom stereocenters. The first-order valence-corrected chi connectivity index (χ1v) is 6.66. The van der Waals surface area contributed by atoms with Crippen LogP contribution in [0.15, 0.2) is 18.3 Å². The number of carbonyl (C=O) groups excluding carboxylic acids is 1. The molecule has 2 heterocycles. The Hall–Kier alpha value is -1.26. The van der Waals surface area contributed by atoms with Crippen LogP contribution < -0.4 is 5.32 Å². The molecule has 1 aliphatic rings. The average molecular weight is 247 g/mol. The molecule has 0 amide bonds. The molecule has 0 atom stereocenters. The highest BCUT2D eigenvalue weighted by Gasteiger charge is 2.14. The zero-order valence-electron chi connectivity index (χ0n) is 11.0. The molecule has 0 bridgehead atoms. The highest BCUT2D eigenvalue weighted by molar-refractivity contribution is 5.82. The predicted octanol–water partition coefficient (Wildman–Crippen LogP) is 0.661. The highest BCUT2D eigenvalue weighted by atomic mass is 16.1. The first-order valence-electron chi connectivity index (χ1n) is 6.66. The van der Waals surface area contributed by atoms with E-state index in [1.54, 1.807) is 0 Å². The second kappa shape index (κ2) is 6.61. The molecule has 98 valence electrons. The van der Waals surface area contributed by atoms with Crippen LogP contribution in [-0.4, -0.2) is 48.4 Å². The molecule has 1 aromatic rings. The van der Waals surface area contributed by atoms with Gasteiger partial charge in [-0.05, 0) is 18.1 Å². The number of piperazine rings is 1. The van der Waals surface area contributed by atoms with Crippen molar-refractivity contribution in [2.24, 2.45) is 0 Å². The van der Waals surface area contributed by atoms with Gasteiger partial charge >= 0.3 is 0 Å². The average Bonchev–Trinajstić information content (AvgIpc) is 2.40. The van der Waals surface area contributed by atoms with Gasteiger partial charge in [-0.2, -0.15) is 0 Å². The van der Waals surface area contributed by atoms with Gasteiger partial charge in [0.25, 0.3) is 0 Å². The predicted molar refractivity (Wildman–Crippen MR) is 71.6 cm³/mol. The Morgan fingerprint density at radius 1 is 1.39 bits per heavy atom. The molecule has 2 rings (SSSR count). The SMILES string of the molecule is CCc1ccc(CC(=O)CN2CCNCC2)nc1. The zero-order chi connectivity index (χ0) is 12.8. The summed E-state index contributed by atoms with van der Waals surface area (Å²) in [5.74, 6) is 0.258. The number of nitrogens with zero attached hydrogens (tertiary/aromatic N) is 2. The van der Waals surface area contributed by atoms with Crippen LogP contribution in [0.2, 0.25) is 0 Å². The molecule has 1 N–H and O–H groups in total. The van der Waals surface area contributed by atoms with E-state index in [1.807, 2.05) is 12.3 Å². The zero-order valence-corrected chi connectivity index (χ0v) is 11.0. The molecule has 0 aromatic carbocycles. The maximum atomic E-state index is 11.9. The Balaban J connectivity index is 1.82. The van der Waals surface area contributed by atoms with E-state index in [0.29, 0.717) is 13.0 Å². The van der Waals surface area contributed by atoms with Crippen LogP contribution in [0.25, 0.3) is 0 Å². The smallest absolute Gasteiger partial charge is 0.152 e. The lowest BCUT2D eigenvalue weighted by molar-refractivity contribution is -0.119. The number of pyridine rings is 1. The van der Waals surface area contributed by atoms with Crippen molar-refractivity contribution < 1.29 is 4.79 Å². The summed E-state index contributed by atoms with van der Waals surface area (Å²) in [7, 11) is 0. The van der Waals surface area contributed by atoms with Crippen LogP contribution in [0.4, 0.5) is 0 Å². The van der Waals surface area contributed by atoms with Gasteiger partial charge in [-0.25, -0.2) is 0 Å². The lowest BCUT2D eigenvalue weighted by atomic mass is 10.1. The molecule has 0 spiro atoms. The van der Waals surface area contributed by atoms with Gasteiger partial charge in [0, 0.05) is 38.1 Å². The van der Waals surface area contributed by atoms with Crippen LogP contribution >= 0.6 is 0 Å². The molecule has 0 radical (unpaired) electrons. The number of aromatic nitrogens is 1. The summed E-state index contributed by atoms with van der Waals surface area (Å²) >= 11 is 0. The number of nitrogens with one attached hydrogen (secondary N) is 1. The quantitative estimate of drug-likeness (QED) is 0.830. The van der Waals surface area contributed by atoms with Crippen molar-refractivity contribution in [3.63, 3.8) is 0 Å². The van der Waals surface area contributed by atoms with Crippen LogP contribution in [0.1, 0.15) is 18.2 Å². The van der Waals surface area contributed by atoms with Gasteiger partial charge in [0.15, 0.2) is 5.78 Å². The number of carbonyl (C=O) groups is 1. The van der Waals surface area contributed by atoms with E-state index in [9.17, 15) is 4.79 Å². The van der Waals surface area contributed by atoms with Crippen LogP contribution in [0.5, 0.6) is 0 Å². The number of hydrogen-bond acceptors (Lipinski definition) is 4. The molecule has 1 saturated heterocycles. The minimum Gasteiger partial charge on any atom is -0.314 e. The highest BCUT2D eigenvalue weighted by Crippen LogP contribution is 2.03. The Kier molecular flexibility index (Phi) is 4.84. The fourth-order valence-corrected chi connectivity index (χ4v) is 2.15. The minimum atomic E-state index is 0.258. The molecule has 4 heteroatoms. The number of ketones is 1. The molecule has 0 saturated carbocycles. The van der Waals surface area contributed by atoms with Gasteiger partial charge in [0.2, 0.25) is 0 Å². The fraction of sp³-hybridized carbons (Fsp3) is 0.571. The van der Waals surface area contributed by atoms with E-state index in [4.69, 9.17) is 0 Å². The van der Waals surface area contributed by atoms with Crippen molar-refractivity contribution >= 4 is 5.78 Å². The summed E-state index contributed by atoms with van der Waals surface area (Å²) in [6.07, 6.45) is 3.31. The number of rotatable bonds is 5. The molecular weight excluding hydrogens is 226 g/mol. The van der Waals surface area contributed by atoms with Gasteiger partial charge in [0.05, 0.1) is 13.0 Å². The molecule has 18 heavy (non-hydrogen) atoms. The molecule has 4 nitrogen and oxygen atoms in total. The maximum Gasteiger partial charge on any atom is 0.152 e. The van der Waals surface area contributed by atoms with E-state index in [0.717, 1.165) is 38.3 Å². The third-order valence-electron chi connectivity index (χ3n) is 3.28. The summed E-state index contributed by atoms with van der Waals surface area (Å²) < 4.78 is 0. The number of hydrogen-bond donors (Lipinski definition) is 1. The monoisotopic (exact) mass is 247 g/mol. The van der Waals surface area contributed by atoms with Crippen LogP contribution in [-0.2, 0) is 17.6 Å². The van der Waals surface area contributed by atoms with E-state index < -0.39 is 0 Å². The third kappa shape index (κ3) is 3.89. The fourth-order valence-electron chi connectivity index (χ4n) is 2.15. The van der Waals surface area contributed by atoms with E-state index in [2.05, 4.69) is 28.2 Å². The number of aryl methyl sites for hydroxylation is 1. The van der Waals surface area contributed by atoms with Crippen LogP contribution in [0.3, 0.4) is 0 Å². The van der Waals surface area contributed by atoms with Gasteiger partial charge in [-0.3, -0.25) is 14.7 Å². The first-order chi connectivity index (χ1) is 8.78. The van der Waals surface area contributed by atoms with Crippen molar-refractivity contribution in [3.05, 3.63) is 29.6 Å². The van der Waals surface area contributed by atoms with Gasteiger partial charge in [0.1, 0.15) is 0 Å². The van der Waals surface area contributed by atoms with Crippen molar-refractivity contribution in [1.29, 1.82) is 0 Å². The molecule has 0 aliphatic carbocycles. The second-order valence-corrected chi connectivity index (χ2v) is 4.75. The number of Topliss-reactive ketones (excluding diaryl/α,β-unsaturated/α-hetero) is 1. The second-order valence-electron chi connectivity index (χ2n) is 4.75. The largest absolute Gasteiger partial charge is 0.314 e. The Morgan fingerprint density at radius 3 is 2.78 bits per heavy atom. The van der Waals surface area contributed by atoms with E-state index in [1.165, 1.54) is 5.56 Å². The van der Waals surface area contributed by atoms with E-state index >= 15 is 0 Å². The molecular formula is C14H21N3O. The van der Waals surface area contributed by atoms with Crippen molar-refractivity contribution in [2.75, 3.05) is 32.7 Å².